The zero-order chi connectivity index (χ0) is 17.9. The molecular formula is C16H19N5O3. The van der Waals surface area contributed by atoms with E-state index in [0.29, 0.717) is 24.6 Å². The molecule has 8 nitrogen and oxygen atoms in total. The molecule has 2 aromatic heterocycles. The quantitative estimate of drug-likeness (QED) is 0.842. The molecule has 126 valence electrons. The lowest BCUT2D eigenvalue weighted by Gasteiger charge is -2.14. The molecule has 2 rings (SSSR count). The number of rotatable bonds is 5. The largest absolute Gasteiger partial charge is 0.493 e. The van der Waals surface area contributed by atoms with E-state index in [1.165, 1.54) is 0 Å². The fourth-order valence-electron chi connectivity index (χ4n) is 2.15. The smallest absolute Gasteiger partial charge is 0.271 e. The van der Waals surface area contributed by atoms with Crippen LogP contribution in [-0.4, -0.2) is 14.8 Å². The Morgan fingerprint density at radius 1 is 1.42 bits per heavy atom. The van der Waals surface area contributed by atoms with E-state index < -0.39 is 5.56 Å². The number of nitriles is 1. The minimum atomic E-state index is -0.524. The van der Waals surface area contributed by atoms with Gasteiger partial charge in [-0.25, -0.2) is 0 Å². The summed E-state index contributed by atoms with van der Waals surface area (Å²) < 4.78 is 6.05. The maximum absolute atomic E-state index is 12.4. The standard InChI is InChI=1S/C16H19N5O3/c1-9(2)5-6-21-15(22)12(8-17)11(4)14(16(21)23)19-18-13-7-10(3)24-20-13/h7,9,23H,5-6H2,1-4H3. The van der Waals surface area contributed by atoms with E-state index in [1.807, 2.05) is 19.9 Å². The zero-order valence-corrected chi connectivity index (χ0v) is 14.1. The summed E-state index contributed by atoms with van der Waals surface area (Å²) in [5, 5.41) is 31.2. The van der Waals surface area contributed by atoms with Crippen molar-refractivity contribution in [1.29, 1.82) is 5.26 Å². The first kappa shape index (κ1) is 17.4. The highest BCUT2D eigenvalue weighted by Gasteiger charge is 2.19. The van der Waals surface area contributed by atoms with Crippen LogP contribution in [0.1, 0.15) is 37.2 Å². The highest BCUT2D eigenvalue weighted by Crippen LogP contribution is 2.32. The molecule has 0 radical (unpaired) electrons. The van der Waals surface area contributed by atoms with Crippen LogP contribution in [0.15, 0.2) is 25.6 Å². The summed E-state index contributed by atoms with van der Waals surface area (Å²) in [4.78, 5) is 12.4. The average Bonchev–Trinajstić information content (AvgIpc) is 2.92. The fourth-order valence-corrected chi connectivity index (χ4v) is 2.15. The molecule has 0 aliphatic heterocycles. The Labute approximate surface area is 139 Å². The second-order valence-electron chi connectivity index (χ2n) is 5.92. The van der Waals surface area contributed by atoms with Crippen LogP contribution in [0.5, 0.6) is 5.88 Å². The molecule has 1 N–H and O–H groups in total. The molecule has 0 atom stereocenters. The molecule has 2 heterocycles. The summed E-state index contributed by atoms with van der Waals surface area (Å²) in [5.41, 5.74) is -0.216. The Morgan fingerprint density at radius 3 is 2.67 bits per heavy atom. The second kappa shape index (κ2) is 7.08. The predicted octanol–water partition coefficient (Wildman–Crippen LogP) is 3.49. The van der Waals surface area contributed by atoms with Crippen molar-refractivity contribution >= 4 is 11.5 Å². The van der Waals surface area contributed by atoms with Crippen LogP contribution >= 0.6 is 0 Å². The molecule has 0 unspecified atom stereocenters. The van der Waals surface area contributed by atoms with Gasteiger partial charge in [-0.1, -0.05) is 19.0 Å². The molecule has 0 bridgehead atoms. The van der Waals surface area contributed by atoms with Crippen LogP contribution in [-0.2, 0) is 6.54 Å². The van der Waals surface area contributed by atoms with Crippen molar-refractivity contribution < 1.29 is 9.63 Å². The molecule has 0 aromatic carbocycles. The highest BCUT2D eigenvalue weighted by molar-refractivity contribution is 5.59. The van der Waals surface area contributed by atoms with Crippen LogP contribution in [0, 0.1) is 31.1 Å². The molecule has 0 fully saturated rings. The number of azo groups is 1. The topological polar surface area (TPSA) is 117 Å². The number of nitrogens with zero attached hydrogens (tertiary/aromatic N) is 5. The van der Waals surface area contributed by atoms with E-state index in [-0.39, 0.29) is 28.5 Å². The predicted molar refractivity (Wildman–Crippen MR) is 86.7 cm³/mol. The number of pyridine rings is 1. The van der Waals surface area contributed by atoms with E-state index >= 15 is 0 Å². The molecule has 0 saturated heterocycles. The van der Waals surface area contributed by atoms with Gasteiger partial charge >= 0.3 is 0 Å². The Morgan fingerprint density at radius 2 is 2.12 bits per heavy atom. The molecule has 8 heteroatoms. The summed E-state index contributed by atoms with van der Waals surface area (Å²) in [6, 6.07) is 3.46. The first-order valence-corrected chi connectivity index (χ1v) is 7.56. The van der Waals surface area contributed by atoms with Gasteiger partial charge in [0.2, 0.25) is 11.7 Å². The van der Waals surface area contributed by atoms with E-state index in [2.05, 4.69) is 15.4 Å². The van der Waals surface area contributed by atoms with Crippen LogP contribution in [0.4, 0.5) is 11.5 Å². The van der Waals surface area contributed by atoms with E-state index in [0.717, 1.165) is 4.57 Å². The fraction of sp³-hybridized carbons (Fsp3) is 0.438. The van der Waals surface area contributed by atoms with Crippen molar-refractivity contribution in [3.8, 4) is 11.9 Å². The molecule has 0 amide bonds. The monoisotopic (exact) mass is 329 g/mol. The first-order valence-electron chi connectivity index (χ1n) is 7.56. The van der Waals surface area contributed by atoms with E-state index in [1.54, 1.807) is 19.9 Å². The van der Waals surface area contributed by atoms with Crippen LogP contribution in [0.2, 0.25) is 0 Å². The first-order chi connectivity index (χ1) is 11.3. The van der Waals surface area contributed by atoms with Gasteiger partial charge in [-0.05, 0) is 26.2 Å². The molecule has 0 spiro atoms. The Hall–Kier alpha value is -2.95. The van der Waals surface area contributed by atoms with Crippen LogP contribution in [0.3, 0.4) is 0 Å². The Bertz CT molecular complexity index is 871. The third kappa shape index (κ3) is 3.51. The Kier molecular flexibility index (Phi) is 5.14. The SMILES string of the molecule is Cc1cc(N=Nc2c(C)c(C#N)c(=O)n(CCC(C)C)c2O)no1. The van der Waals surface area contributed by atoms with Crippen molar-refractivity contribution in [3.05, 3.63) is 33.3 Å². The van der Waals surface area contributed by atoms with Crippen molar-refractivity contribution in [2.75, 3.05) is 0 Å². The maximum atomic E-state index is 12.4. The van der Waals surface area contributed by atoms with Gasteiger partial charge in [-0.15, -0.1) is 10.2 Å². The average molecular weight is 329 g/mol. The number of hydrogen-bond acceptors (Lipinski definition) is 7. The normalized spacial score (nSPS) is 11.3. The lowest BCUT2D eigenvalue weighted by Crippen LogP contribution is -2.24. The van der Waals surface area contributed by atoms with Crippen LogP contribution in [0.25, 0.3) is 0 Å². The van der Waals surface area contributed by atoms with Gasteiger partial charge in [0, 0.05) is 18.2 Å². The lowest BCUT2D eigenvalue weighted by molar-refractivity contribution is 0.390. The van der Waals surface area contributed by atoms with Gasteiger partial charge < -0.3 is 9.63 Å². The third-order valence-electron chi connectivity index (χ3n) is 3.57. The van der Waals surface area contributed by atoms with Gasteiger partial charge in [-0.3, -0.25) is 9.36 Å². The van der Waals surface area contributed by atoms with Gasteiger partial charge in [-0.2, -0.15) is 5.26 Å². The highest BCUT2D eigenvalue weighted by atomic mass is 16.5. The molecular weight excluding hydrogens is 310 g/mol. The van der Waals surface area contributed by atoms with E-state index in [4.69, 9.17) is 4.52 Å². The molecule has 0 aliphatic carbocycles. The molecule has 24 heavy (non-hydrogen) atoms. The minimum Gasteiger partial charge on any atom is -0.493 e. The summed E-state index contributed by atoms with van der Waals surface area (Å²) in [7, 11) is 0. The summed E-state index contributed by atoms with van der Waals surface area (Å²) in [5.74, 6) is 0.849. The number of aryl methyl sites for hydroxylation is 1. The maximum Gasteiger partial charge on any atom is 0.271 e. The summed E-state index contributed by atoms with van der Waals surface area (Å²) in [6.07, 6.45) is 0.681. The van der Waals surface area contributed by atoms with Gasteiger partial charge in [0.15, 0.2) is 5.69 Å². The van der Waals surface area contributed by atoms with Gasteiger partial charge in [0.05, 0.1) is 0 Å². The van der Waals surface area contributed by atoms with Gasteiger partial charge in [0.25, 0.3) is 5.56 Å². The van der Waals surface area contributed by atoms with Crippen molar-refractivity contribution in [2.45, 2.75) is 40.7 Å². The van der Waals surface area contributed by atoms with Crippen molar-refractivity contribution in [3.63, 3.8) is 0 Å². The Balaban J connectivity index is 2.54. The molecule has 0 saturated carbocycles. The molecule has 2 aromatic rings. The third-order valence-corrected chi connectivity index (χ3v) is 3.57. The van der Waals surface area contributed by atoms with Gasteiger partial charge in [0.1, 0.15) is 17.4 Å². The van der Waals surface area contributed by atoms with Crippen molar-refractivity contribution in [1.82, 2.24) is 9.72 Å². The van der Waals surface area contributed by atoms with Crippen LogP contribution < -0.4 is 5.56 Å². The summed E-state index contributed by atoms with van der Waals surface area (Å²) in [6.45, 7) is 7.58. The molecule has 0 aliphatic rings. The number of aromatic nitrogens is 2. The second-order valence-corrected chi connectivity index (χ2v) is 5.92. The lowest BCUT2D eigenvalue weighted by atomic mass is 10.1. The minimum absolute atomic E-state index is 0.0539. The number of aromatic hydroxyl groups is 1. The number of hydrogen-bond donors (Lipinski definition) is 1. The summed E-state index contributed by atoms with van der Waals surface area (Å²) >= 11 is 0. The zero-order valence-electron chi connectivity index (χ0n) is 14.1. The van der Waals surface area contributed by atoms with E-state index in [9.17, 15) is 15.2 Å². The van der Waals surface area contributed by atoms with Crippen molar-refractivity contribution in [2.24, 2.45) is 16.1 Å².